The monoisotopic (exact) mass is 273 g/mol. The van der Waals surface area contributed by atoms with Crippen LogP contribution >= 0.6 is 11.6 Å². The average Bonchev–Trinajstić information content (AvgIpc) is 2.72. The Bertz CT molecular complexity index is 361. The van der Waals surface area contributed by atoms with Gasteiger partial charge in [0.2, 0.25) is 0 Å². The fraction of sp³-hybridized carbons (Fsp3) is 0.769. The third-order valence-corrected chi connectivity index (χ3v) is 3.50. The first-order valence-electron chi connectivity index (χ1n) is 6.64. The molecular weight excluding hydrogens is 250 g/mol. The Morgan fingerprint density at radius 1 is 1.39 bits per heavy atom. The van der Waals surface area contributed by atoms with E-state index in [1.165, 1.54) is 0 Å². The Morgan fingerprint density at radius 2 is 2.00 bits per heavy atom. The molecule has 0 spiro atoms. The number of hydrogen-bond donors (Lipinski definition) is 1. The topological polar surface area (TPSA) is 41.3 Å². The highest BCUT2D eigenvalue weighted by molar-refractivity contribution is 6.31. The molecule has 0 radical (unpaired) electrons. The number of halogens is 1. The van der Waals surface area contributed by atoms with Crippen LogP contribution in [0.3, 0.4) is 0 Å². The highest BCUT2D eigenvalue weighted by atomic mass is 35.5. The number of aromatic nitrogens is 2. The van der Waals surface area contributed by atoms with E-state index < -0.39 is 6.10 Å². The van der Waals surface area contributed by atoms with Crippen molar-refractivity contribution in [2.24, 2.45) is 0 Å². The van der Waals surface area contributed by atoms with E-state index in [4.69, 9.17) is 11.6 Å². The molecule has 104 valence electrons. The minimum Gasteiger partial charge on any atom is -0.387 e. The van der Waals surface area contributed by atoms with E-state index in [1.54, 1.807) is 10.9 Å². The molecule has 0 saturated carbocycles. The lowest BCUT2D eigenvalue weighted by molar-refractivity contribution is 0.134. The predicted octanol–water partition coefficient (Wildman–Crippen LogP) is 2.88. The maximum absolute atomic E-state index is 10.3. The van der Waals surface area contributed by atoms with Gasteiger partial charge in [-0.1, -0.05) is 25.4 Å². The lowest BCUT2D eigenvalue weighted by Crippen LogP contribution is -2.26. The van der Waals surface area contributed by atoms with Crippen molar-refractivity contribution in [1.29, 1.82) is 0 Å². The second-order valence-electron chi connectivity index (χ2n) is 4.75. The molecule has 1 aromatic rings. The van der Waals surface area contributed by atoms with Gasteiger partial charge in [0.1, 0.15) is 0 Å². The zero-order chi connectivity index (χ0) is 13.7. The van der Waals surface area contributed by atoms with Crippen LogP contribution in [-0.2, 0) is 0 Å². The Kier molecular flexibility index (Phi) is 6.12. The van der Waals surface area contributed by atoms with Gasteiger partial charge in [0.05, 0.1) is 23.0 Å². The molecule has 1 atom stereocenters. The van der Waals surface area contributed by atoms with Gasteiger partial charge in [0, 0.05) is 12.6 Å². The van der Waals surface area contributed by atoms with Crippen molar-refractivity contribution in [1.82, 2.24) is 14.7 Å². The first-order chi connectivity index (χ1) is 8.51. The molecule has 0 aromatic carbocycles. The van der Waals surface area contributed by atoms with Crippen molar-refractivity contribution in [3.63, 3.8) is 0 Å². The normalized spacial score (nSPS) is 13.6. The van der Waals surface area contributed by atoms with Crippen LogP contribution in [0.4, 0.5) is 0 Å². The largest absolute Gasteiger partial charge is 0.387 e. The molecule has 0 saturated heterocycles. The maximum atomic E-state index is 10.3. The lowest BCUT2D eigenvalue weighted by Gasteiger charge is -2.21. The Morgan fingerprint density at radius 3 is 2.50 bits per heavy atom. The maximum Gasteiger partial charge on any atom is 0.0984 e. The fourth-order valence-corrected chi connectivity index (χ4v) is 2.31. The van der Waals surface area contributed by atoms with Crippen LogP contribution in [0, 0.1) is 0 Å². The summed E-state index contributed by atoms with van der Waals surface area (Å²) in [4.78, 5) is 2.28. The van der Waals surface area contributed by atoms with Gasteiger partial charge in [-0.05, 0) is 33.4 Å². The van der Waals surface area contributed by atoms with Crippen LogP contribution in [0.5, 0.6) is 0 Å². The van der Waals surface area contributed by atoms with Crippen LogP contribution in [0.1, 0.15) is 52.0 Å². The Hall–Kier alpha value is -0.580. The highest BCUT2D eigenvalue weighted by Crippen LogP contribution is 2.27. The average molecular weight is 274 g/mol. The number of aliphatic hydroxyl groups is 1. The minimum absolute atomic E-state index is 0.204. The van der Waals surface area contributed by atoms with Crippen molar-refractivity contribution in [2.45, 2.75) is 46.3 Å². The van der Waals surface area contributed by atoms with Crippen LogP contribution in [0.15, 0.2) is 6.20 Å². The molecule has 1 aromatic heterocycles. The smallest absolute Gasteiger partial charge is 0.0984 e. The summed E-state index contributed by atoms with van der Waals surface area (Å²) in [6.45, 7) is 11.2. The molecular formula is C13H24ClN3O. The van der Waals surface area contributed by atoms with Crippen molar-refractivity contribution in [3.05, 3.63) is 16.9 Å². The lowest BCUT2D eigenvalue weighted by atomic mass is 10.1. The SMILES string of the molecule is CCN(CC)CCC(O)c1c(Cl)cnn1C(C)C. The van der Waals surface area contributed by atoms with E-state index in [1.807, 2.05) is 13.8 Å². The molecule has 0 bridgehead atoms. The number of hydrogen-bond acceptors (Lipinski definition) is 3. The molecule has 0 aliphatic heterocycles. The molecule has 4 nitrogen and oxygen atoms in total. The summed E-state index contributed by atoms with van der Waals surface area (Å²) in [5.74, 6) is 0. The summed E-state index contributed by atoms with van der Waals surface area (Å²) >= 11 is 6.11. The van der Waals surface area contributed by atoms with E-state index in [0.29, 0.717) is 11.4 Å². The molecule has 0 amide bonds. The van der Waals surface area contributed by atoms with Gasteiger partial charge in [-0.15, -0.1) is 0 Å². The highest BCUT2D eigenvalue weighted by Gasteiger charge is 2.20. The standard InChI is InChI=1S/C13H24ClN3O/c1-5-16(6-2)8-7-12(18)13-11(14)9-15-17(13)10(3)4/h9-10,12,18H,5-8H2,1-4H3. The van der Waals surface area contributed by atoms with E-state index in [0.717, 1.165) is 25.3 Å². The van der Waals surface area contributed by atoms with Crippen molar-refractivity contribution in [3.8, 4) is 0 Å². The summed E-state index contributed by atoms with van der Waals surface area (Å²) in [5, 5.41) is 15.1. The van der Waals surface area contributed by atoms with Gasteiger partial charge in [-0.3, -0.25) is 4.68 Å². The summed E-state index contributed by atoms with van der Waals surface area (Å²) in [5.41, 5.74) is 0.735. The molecule has 0 fully saturated rings. The number of nitrogens with zero attached hydrogens (tertiary/aromatic N) is 3. The van der Waals surface area contributed by atoms with Gasteiger partial charge in [0.15, 0.2) is 0 Å². The second-order valence-corrected chi connectivity index (χ2v) is 5.15. The third kappa shape index (κ3) is 3.70. The number of rotatable bonds is 7. The van der Waals surface area contributed by atoms with Crippen LogP contribution in [0.2, 0.25) is 5.02 Å². The van der Waals surface area contributed by atoms with Crippen LogP contribution in [-0.4, -0.2) is 39.4 Å². The molecule has 1 heterocycles. The fourth-order valence-electron chi connectivity index (χ4n) is 2.06. The van der Waals surface area contributed by atoms with Gasteiger partial charge >= 0.3 is 0 Å². The van der Waals surface area contributed by atoms with Crippen LogP contribution < -0.4 is 0 Å². The molecule has 1 N–H and O–H groups in total. The quantitative estimate of drug-likeness (QED) is 0.831. The van der Waals surface area contributed by atoms with Crippen LogP contribution in [0.25, 0.3) is 0 Å². The van der Waals surface area contributed by atoms with E-state index in [9.17, 15) is 5.11 Å². The molecule has 1 unspecified atom stereocenters. The number of aliphatic hydroxyl groups excluding tert-OH is 1. The summed E-state index contributed by atoms with van der Waals surface area (Å²) < 4.78 is 1.80. The molecule has 0 aliphatic carbocycles. The van der Waals surface area contributed by atoms with E-state index in [2.05, 4.69) is 23.8 Å². The van der Waals surface area contributed by atoms with E-state index in [-0.39, 0.29) is 6.04 Å². The first kappa shape index (κ1) is 15.5. The van der Waals surface area contributed by atoms with Crippen molar-refractivity contribution < 1.29 is 5.11 Å². The predicted molar refractivity (Wildman–Crippen MR) is 75.0 cm³/mol. The zero-order valence-electron chi connectivity index (χ0n) is 11.7. The third-order valence-electron chi connectivity index (χ3n) is 3.20. The second kappa shape index (κ2) is 7.12. The first-order valence-corrected chi connectivity index (χ1v) is 7.02. The zero-order valence-corrected chi connectivity index (χ0v) is 12.5. The van der Waals surface area contributed by atoms with Gasteiger partial charge in [0.25, 0.3) is 0 Å². The van der Waals surface area contributed by atoms with Gasteiger partial charge in [-0.25, -0.2) is 0 Å². The Balaban J connectivity index is 2.71. The Labute approximate surface area is 115 Å². The van der Waals surface area contributed by atoms with Gasteiger partial charge in [-0.2, -0.15) is 5.10 Å². The molecule has 0 aliphatic rings. The van der Waals surface area contributed by atoms with E-state index >= 15 is 0 Å². The van der Waals surface area contributed by atoms with Crippen molar-refractivity contribution in [2.75, 3.05) is 19.6 Å². The molecule has 5 heteroatoms. The summed E-state index contributed by atoms with van der Waals surface area (Å²) in [7, 11) is 0. The summed E-state index contributed by atoms with van der Waals surface area (Å²) in [6.07, 6.45) is 1.74. The molecule has 18 heavy (non-hydrogen) atoms. The minimum atomic E-state index is -0.553. The summed E-state index contributed by atoms with van der Waals surface area (Å²) in [6, 6.07) is 0.204. The van der Waals surface area contributed by atoms with Crippen molar-refractivity contribution >= 4 is 11.6 Å². The molecule has 1 rings (SSSR count). The van der Waals surface area contributed by atoms with Gasteiger partial charge < -0.3 is 10.0 Å².